The van der Waals surface area contributed by atoms with Crippen molar-refractivity contribution in [1.82, 2.24) is 4.98 Å². The molecule has 0 aliphatic rings. The SMILES string of the molecule is COC(=O)c1cc(OC(C)C)cnc1Cl. The minimum Gasteiger partial charge on any atom is -0.489 e. The van der Waals surface area contributed by atoms with Crippen molar-refractivity contribution in [3.05, 3.63) is 23.0 Å². The second-order valence-corrected chi connectivity index (χ2v) is 3.53. The largest absolute Gasteiger partial charge is 0.489 e. The Morgan fingerprint density at radius 3 is 2.73 bits per heavy atom. The Morgan fingerprint density at radius 1 is 1.53 bits per heavy atom. The molecule has 1 aromatic rings. The van der Waals surface area contributed by atoms with Crippen molar-refractivity contribution in [2.75, 3.05) is 7.11 Å². The standard InChI is InChI=1S/C10H12ClNO3/c1-6(2)15-7-4-8(10(13)14-3)9(11)12-5-7/h4-6H,1-3H3. The summed E-state index contributed by atoms with van der Waals surface area (Å²) in [4.78, 5) is 15.1. The molecule has 1 rings (SSSR count). The Labute approximate surface area is 93.2 Å². The van der Waals surface area contributed by atoms with E-state index in [1.54, 1.807) is 0 Å². The fraction of sp³-hybridized carbons (Fsp3) is 0.400. The number of esters is 1. The van der Waals surface area contributed by atoms with Gasteiger partial charge in [0.2, 0.25) is 0 Å². The number of methoxy groups -OCH3 is 1. The van der Waals surface area contributed by atoms with Crippen LogP contribution in [0.15, 0.2) is 12.3 Å². The Kier molecular flexibility index (Phi) is 3.91. The van der Waals surface area contributed by atoms with Gasteiger partial charge >= 0.3 is 5.97 Å². The van der Waals surface area contributed by atoms with Gasteiger partial charge in [0.05, 0.1) is 19.4 Å². The summed E-state index contributed by atoms with van der Waals surface area (Å²) in [6.07, 6.45) is 1.48. The van der Waals surface area contributed by atoms with E-state index in [1.807, 2.05) is 13.8 Å². The van der Waals surface area contributed by atoms with E-state index >= 15 is 0 Å². The highest BCUT2D eigenvalue weighted by atomic mass is 35.5. The second kappa shape index (κ2) is 4.98. The van der Waals surface area contributed by atoms with Crippen LogP contribution >= 0.6 is 11.6 Å². The summed E-state index contributed by atoms with van der Waals surface area (Å²) in [5.74, 6) is -0.0310. The van der Waals surface area contributed by atoms with E-state index < -0.39 is 5.97 Å². The number of carbonyl (C=O) groups is 1. The van der Waals surface area contributed by atoms with E-state index in [0.29, 0.717) is 5.75 Å². The number of carbonyl (C=O) groups excluding carboxylic acids is 1. The Bertz CT molecular complexity index is 366. The highest BCUT2D eigenvalue weighted by Gasteiger charge is 2.13. The zero-order valence-corrected chi connectivity index (χ0v) is 9.54. The molecule has 0 bridgehead atoms. The van der Waals surface area contributed by atoms with Crippen molar-refractivity contribution in [1.29, 1.82) is 0 Å². The van der Waals surface area contributed by atoms with Crippen LogP contribution in [0.25, 0.3) is 0 Å². The average molecular weight is 230 g/mol. The molecule has 0 unspecified atom stereocenters. The van der Waals surface area contributed by atoms with Gasteiger partial charge in [0, 0.05) is 0 Å². The number of halogens is 1. The lowest BCUT2D eigenvalue weighted by atomic mass is 10.3. The van der Waals surface area contributed by atoms with E-state index in [9.17, 15) is 4.79 Å². The summed E-state index contributed by atoms with van der Waals surface area (Å²) in [5, 5.41) is 0.109. The smallest absolute Gasteiger partial charge is 0.341 e. The van der Waals surface area contributed by atoms with Crippen molar-refractivity contribution in [2.45, 2.75) is 20.0 Å². The van der Waals surface area contributed by atoms with Gasteiger partial charge in [-0.3, -0.25) is 0 Å². The van der Waals surface area contributed by atoms with Crippen LogP contribution in [0.5, 0.6) is 5.75 Å². The third-order valence-electron chi connectivity index (χ3n) is 1.59. The van der Waals surface area contributed by atoms with Crippen molar-refractivity contribution < 1.29 is 14.3 Å². The zero-order valence-electron chi connectivity index (χ0n) is 8.78. The normalized spacial score (nSPS) is 10.2. The predicted octanol–water partition coefficient (Wildman–Crippen LogP) is 2.31. The van der Waals surface area contributed by atoms with Crippen LogP contribution < -0.4 is 4.74 Å². The van der Waals surface area contributed by atoms with Gasteiger partial charge in [0.1, 0.15) is 16.5 Å². The molecule has 0 amide bonds. The Hall–Kier alpha value is -1.29. The minimum atomic E-state index is -0.526. The summed E-state index contributed by atoms with van der Waals surface area (Å²) in [6.45, 7) is 3.76. The molecular formula is C10H12ClNO3. The lowest BCUT2D eigenvalue weighted by Gasteiger charge is -2.10. The molecule has 0 fully saturated rings. The maximum absolute atomic E-state index is 11.3. The van der Waals surface area contributed by atoms with E-state index in [2.05, 4.69) is 9.72 Å². The fourth-order valence-electron chi connectivity index (χ4n) is 1.02. The van der Waals surface area contributed by atoms with Gasteiger partial charge in [-0.25, -0.2) is 9.78 Å². The number of hydrogen-bond donors (Lipinski definition) is 0. The molecule has 0 radical (unpaired) electrons. The first-order valence-electron chi connectivity index (χ1n) is 4.45. The monoisotopic (exact) mass is 229 g/mol. The quantitative estimate of drug-likeness (QED) is 0.590. The molecule has 0 aliphatic carbocycles. The van der Waals surface area contributed by atoms with Gasteiger partial charge in [-0.1, -0.05) is 11.6 Å². The number of nitrogens with zero attached hydrogens (tertiary/aromatic N) is 1. The van der Waals surface area contributed by atoms with Crippen LogP contribution in [0.2, 0.25) is 5.15 Å². The fourth-order valence-corrected chi connectivity index (χ4v) is 1.20. The van der Waals surface area contributed by atoms with Crippen LogP contribution in [-0.4, -0.2) is 24.2 Å². The number of rotatable bonds is 3. The van der Waals surface area contributed by atoms with Crippen LogP contribution in [0.4, 0.5) is 0 Å². The molecule has 0 N–H and O–H groups in total. The third kappa shape index (κ3) is 3.09. The van der Waals surface area contributed by atoms with Gasteiger partial charge in [-0.15, -0.1) is 0 Å². The van der Waals surface area contributed by atoms with E-state index in [0.717, 1.165) is 0 Å². The van der Waals surface area contributed by atoms with Crippen LogP contribution in [0, 0.1) is 0 Å². The first-order chi connectivity index (χ1) is 7.04. The number of ether oxygens (including phenoxy) is 2. The predicted molar refractivity (Wildman–Crippen MR) is 56.4 cm³/mol. The summed E-state index contributed by atoms with van der Waals surface area (Å²) < 4.78 is 9.93. The topological polar surface area (TPSA) is 48.4 Å². The molecule has 0 saturated carbocycles. The maximum atomic E-state index is 11.3. The van der Waals surface area contributed by atoms with Crippen molar-refractivity contribution in [2.24, 2.45) is 0 Å². The summed E-state index contributed by atoms with van der Waals surface area (Å²) in [6, 6.07) is 1.52. The highest BCUT2D eigenvalue weighted by molar-refractivity contribution is 6.32. The van der Waals surface area contributed by atoms with Gasteiger partial charge in [0.15, 0.2) is 0 Å². The Balaban J connectivity index is 3.00. The average Bonchev–Trinajstić information content (AvgIpc) is 2.19. The highest BCUT2D eigenvalue weighted by Crippen LogP contribution is 2.20. The molecule has 15 heavy (non-hydrogen) atoms. The number of pyridine rings is 1. The second-order valence-electron chi connectivity index (χ2n) is 3.17. The number of aromatic nitrogens is 1. The lowest BCUT2D eigenvalue weighted by Crippen LogP contribution is -2.08. The van der Waals surface area contributed by atoms with Crippen molar-refractivity contribution >= 4 is 17.6 Å². The molecule has 4 nitrogen and oxygen atoms in total. The molecule has 0 aliphatic heterocycles. The number of hydrogen-bond acceptors (Lipinski definition) is 4. The molecule has 5 heteroatoms. The van der Waals surface area contributed by atoms with Crippen LogP contribution in [0.3, 0.4) is 0 Å². The maximum Gasteiger partial charge on any atom is 0.341 e. The van der Waals surface area contributed by atoms with Gasteiger partial charge in [-0.05, 0) is 19.9 Å². The molecular weight excluding hydrogens is 218 g/mol. The molecule has 1 heterocycles. The van der Waals surface area contributed by atoms with Crippen LogP contribution in [-0.2, 0) is 4.74 Å². The molecule has 0 saturated heterocycles. The van der Waals surface area contributed by atoms with E-state index in [4.69, 9.17) is 16.3 Å². The van der Waals surface area contributed by atoms with Crippen molar-refractivity contribution in [3.8, 4) is 5.75 Å². The molecule has 82 valence electrons. The third-order valence-corrected chi connectivity index (χ3v) is 1.89. The van der Waals surface area contributed by atoms with E-state index in [-0.39, 0.29) is 16.8 Å². The first-order valence-corrected chi connectivity index (χ1v) is 4.83. The van der Waals surface area contributed by atoms with Gasteiger partial charge < -0.3 is 9.47 Å². The molecule has 0 spiro atoms. The first kappa shape index (κ1) is 11.8. The van der Waals surface area contributed by atoms with Gasteiger partial charge in [-0.2, -0.15) is 0 Å². The Morgan fingerprint density at radius 2 is 2.20 bits per heavy atom. The summed E-state index contributed by atoms with van der Waals surface area (Å²) in [7, 11) is 1.29. The summed E-state index contributed by atoms with van der Waals surface area (Å²) >= 11 is 5.74. The van der Waals surface area contributed by atoms with Crippen molar-refractivity contribution in [3.63, 3.8) is 0 Å². The molecule has 1 aromatic heterocycles. The molecule has 0 atom stereocenters. The van der Waals surface area contributed by atoms with E-state index in [1.165, 1.54) is 19.4 Å². The molecule has 0 aromatic carbocycles. The van der Waals surface area contributed by atoms with Gasteiger partial charge in [0.25, 0.3) is 0 Å². The summed E-state index contributed by atoms with van der Waals surface area (Å²) in [5.41, 5.74) is 0.206. The lowest BCUT2D eigenvalue weighted by molar-refractivity contribution is 0.0599. The van der Waals surface area contributed by atoms with Crippen LogP contribution in [0.1, 0.15) is 24.2 Å². The zero-order chi connectivity index (χ0) is 11.4. The minimum absolute atomic E-state index is 0.0125.